The Bertz CT molecular complexity index is 587. The number of hydrogen-bond acceptors (Lipinski definition) is 2. The van der Waals surface area contributed by atoms with E-state index in [1.54, 1.807) is 4.90 Å². The summed E-state index contributed by atoms with van der Waals surface area (Å²) in [6.45, 7) is 9.00. The summed E-state index contributed by atoms with van der Waals surface area (Å²) in [5.74, 6) is 0. The molecular formula is C18H24ClNO2. The van der Waals surface area contributed by atoms with Gasteiger partial charge in [0.25, 0.3) is 0 Å². The first-order valence-electron chi connectivity index (χ1n) is 7.76. The van der Waals surface area contributed by atoms with Gasteiger partial charge in [-0.25, -0.2) is 4.79 Å². The minimum atomic E-state index is -0.454. The zero-order chi connectivity index (χ0) is 16.3. The number of hydrogen-bond donors (Lipinski definition) is 0. The molecule has 0 radical (unpaired) electrons. The van der Waals surface area contributed by atoms with E-state index >= 15 is 0 Å². The highest BCUT2D eigenvalue weighted by Gasteiger charge is 2.23. The van der Waals surface area contributed by atoms with Gasteiger partial charge in [-0.1, -0.05) is 36.7 Å². The van der Waals surface area contributed by atoms with Gasteiger partial charge in [-0.3, -0.25) is 0 Å². The molecule has 0 saturated carbocycles. The topological polar surface area (TPSA) is 29.5 Å². The van der Waals surface area contributed by atoms with E-state index in [1.165, 1.54) is 5.57 Å². The SMILES string of the molecule is CCc1ccc(C2=CCN(C(=O)OC(C)(C)C)CC2)cc1Cl. The van der Waals surface area contributed by atoms with Crippen LogP contribution in [-0.2, 0) is 11.2 Å². The summed E-state index contributed by atoms with van der Waals surface area (Å²) < 4.78 is 5.40. The van der Waals surface area contributed by atoms with Gasteiger partial charge in [-0.2, -0.15) is 0 Å². The van der Waals surface area contributed by atoms with Crippen LogP contribution in [0.2, 0.25) is 5.02 Å². The van der Waals surface area contributed by atoms with E-state index < -0.39 is 5.60 Å². The molecule has 1 aromatic rings. The van der Waals surface area contributed by atoms with Crippen LogP contribution in [0.4, 0.5) is 4.79 Å². The summed E-state index contributed by atoms with van der Waals surface area (Å²) in [7, 11) is 0. The molecule has 3 nitrogen and oxygen atoms in total. The molecule has 1 aromatic carbocycles. The fraction of sp³-hybridized carbons (Fsp3) is 0.500. The predicted octanol–water partition coefficient (Wildman–Crippen LogP) is 4.93. The van der Waals surface area contributed by atoms with Crippen LogP contribution in [0, 0.1) is 0 Å². The van der Waals surface area contributed by atoms with E-state index in [2.05, 4.69) is 25.1 Å². The highest BCUT2D eigenvalue weighted by atomic mass is 35.5. The first-order chi connectivity index (χ1) is 10.3. The van der Waals surface area contributed by atoms with E-state index in [4.69, 9.17) is 16.3 Å². The van der Waals surface area contributed by atoms with Crippen molar-refractivity contribution < 1.29 is 9.53 Å². The number of halogens is 1. The van der Waals surface area contributed by atoms with Gasteiger partial charge in [0.15, 0.2) is 0 Å². The summed E-state index contributed by atoms with van der Waals surface area (Å²) in [5, 5.41) is 0.815. The van der Waals surface area contributed by atoms with Crippen molar-refractivity contribution >= 4 is 23.3 Å². The van der Waals surface area contributed by atoms with Crippen molar-refractivity contribution in [2.45, 2.75) is 46.1 Å². The maximum Gasteiger partial charge on any atom is 0.410 e. The van der Waals surface area contributed by atoms with Gasteiger partial charge >= 0.3 is 6.09 Å². The molecule has 2 rings (SSSR count). The average molecular weight is 322 g/mol. The number of carbonyl (C=O) groups excluding carboxylic acids is 1. The Labute approximate surface area is 137 Å². The summed E-state index contributed by atoms with van der Waals surface area (Å²) >= 11 is 6.29. The predicted molar refractivity (Wildman–Crippen MR) is 91.2 cm³/mol. The third-order valence-corrected chi connectivity index (χ3v) is 4.02. The molecule has 0 unspecified atom stereocenters. The Morgan fingerprint density at radius 2 is 2.09 bits per heavy atom. The van der Waals surface area contributed by atoms with Crippen molar-refractivity contribution in [2.75, 3.05) is 13.1 Å². The molecule has 120 valence electrons. The van der Waals surface area contributed by atoms with E-state index in [0.29, 0.717) is 13.1 Å². The molecule has 0 aromatic heterocycles. The molecule has 0 saturated heterocycles. The van der Waals surface area contributed by atoms with Gasteiger partial charge in [0, 0.05) is 18.1 Å². The van der Waals surface area contributed by atoms with Gasteiger partial charge in [0.2, 0.25) is 0 Å². The quantitative estimate of drug-likeness (QED) is 0.773. The molecule has 0 aliphatic carbocycles. The molecular weight excluding hydrogens is 298 g/mol. The first-order valence-corrected chi connectivity index (χ1v) is 8.13. The molecule has 1 amide bonds. The second-order valence-electron chi connectivity index (χ2n) is 6.57. The standard InChI is InChI=1S/C18H24ClNO2/c1-5-13-6-7-15(12-16(13)19)14-8-10-20(11-9-14)17(21)22-18(2,3)4/h6-8,12H,5,9-11H2,1-4H3. The highest BCUT2D eigenvalue weighted by Crippen LogP contribution is 2.27. The normalized spacial score (nSPS) is 15.5. The molecule has 0 fully saturated rings. The third-order valence-electron chi connectivity index (χ3n) is 3.67. The molecule has 1 aliphatic rings. The van der Waals surface area contributed by atoms with Crippen LogP contribution in [-0.4, -0.2) is 29.7 Å². The molecule has 1 heterocycles. The van der Waals surface area contributed by atoms with Crippen LogP contribution in [0.25, 0.3) is 5.57 Å². The smallest absolute Gasteiger partial charge is 0.410 e. The van der Waals surface area contributed by atoms with E-state index in [-0.39, 0.29) is 6.09 Å². The van der Waals surface area contributed by atoms with Crippen molar-refractivity contribution in [3.05, 3.63) is 40.4 Å². The van der Waals surface area contributed by atoms with Gasteiger partial charge < -0.3 is 9.64 Å². The van der Waals surface area contributed by atoms with Gasteiger partial charge in [0.1, 0.15) is 5.60 Å². The Hall–Kier alpha value is -1.48. The molecule has 4 heteroatoms. The number of carbonyl (C=O) groups is 1. The number of rotatable bonds is 2. The fourth-order valence-corrected chi connectivity index (χ4v) is 2.77. The molecule has 0 N–H and O–H groups in total. The van der Waals surface area contributed by atoms with E-state index in [9.17, 15) is 4.79 Å². The maximum absolute atomic E-state index is 12.0. The molecule has 1 aliphatic heterocycles. The van der Waals surface area contributed by atoms with Crippen LogP contribution in [0.5, 0.6) is 0 Å². The fourth-order valence-electron chi connectivity index (χ4n) is 2.46. The lowest BCUT2D eigenvalue weighted by Gasteiger charge is -2.29. The van der Waals surface area contributed by atoms with Crippen LogP contribution in [0.1, 0.15) is 45.2 Å². The van der Waals surface area contributed by atoms with Crippen molar-refractivity contribution in [3.63, 3.8) is 0 Å². The maximum atomic E-state index is 12.0. The molecule has 0 spiro atoms. The second-order valence-corrected chi connectivity index (χ2v) is 6.97. The minimum absolute atomic E-state index is 0.248. The number of nitrogens with zero attached hydrogens (tertiary/aromatic N) is 1. The Morgan fingerprint density at radius 1 is 1.36 bits per heavy atom. The van der Waals surface area contributed by atoms with Crippen LogP contribution >= 0.6 is 11.6 Å². The summed E-state index contributed by atoms with van der Waals surface area (Å²) in [5.41, 5.74) is 3.09. The van der Waals surface area contributed by atoms with Crippen molar-refractivity contribution in [1.82, 2.24) is 4.90 Å². The molecule has 22 heavy (non-hydrogen) atoms. The Balaban J connectivity index is 2.05. The zero-order valence-electron chi connectivity index (χ0n) is 13.8. The van der Waals surface area contributed by atoms with Crippen LogP contribution < -0.4 is 0 Å². The Morgan fingerprint density at radius 3 is 2.59 bits per heavy atom. The lowest BCUT2D eigenvalue weighted by atomic mass is 9.98. The average Bonchev–Trinajstić information content (AvgIpc) is 2.45. The molecule has 0 bridgehead atoms. The first kappa shape index (κ1) is 16.9. The number of ether oxygens (including phenoxy) is 1. The van der Waals surface area contributed by atoms with Crippen LogP contribution in [0.15, 0.2) is 24.3 Å². The highest BCUT2D eigenvalue weighted by molar-refractivity contribution is 6.31. The third kappa shape index (κ3) is 4.26. The number of aryl methyl sites for hydroxylation is 1. The minimum Gasteiger partial charge on any atom is -0.444 e. The van der Waals surface area contributed by atoms with Gasteiger partial charge in [-0.15, -0.1) is 0 Å². The van der Waals surface area contributed by atoms with Gasteiger partial charge in [0.05, 0.1) is 0 Å². The Kier molecular flexibility index (Phi) is 5.17. The van der Waals surface area contributed by atoms with Crippen molar-refractivity contribution in [2.24, 2.45) is 0 Å². The summed E-state index contributed by atoms with van der Waals surface area (Å²) in [6, 6.07) is 6.22. The number of benzene rings is 1. The van der Waals surface area contributed by atoms with Crippen molar-refractivity contribution in [3.8, 4) is 0 Å². The monoisotopic (exact) mass is 321 g/mol. The van der Waals surface area contributed by atoms with E-state index in [1.807, 2.05) is 26.8 Å². The van der Waals surface area contributed by atoms with Gasteiger partial charge in [-0.05, 0) is 56.4 Å². The lowest BCUT2D eigenvalue weighted by Crippen LogP contribution is -2.39. The van der Waals surface area contributed by atoms with Crippen LogP contribution in [0.3, 0.4) is 0 Å². The largest absolute Gasteiger partial charge is 0.444 e. The zero-order valence-corrected chi connectivity index (χ0v) is 14.5. The lowest BCUT2D eigenvalue weighted by molar-refractivity contribution is 0.0270. The summed E-state index contributed by atoms with van der Waals surface area (Å²) in [6.07, 6.45) is 3.60. The summed E-state index contributed by atoms with van der Waals surface area (Å²) in [4.78, 5) is 13.8. The van der Waals surface area contributed by atoms with E-state index in [0.717, 1.165) is 29.0 Å². The number of amides is 1. The second kappa shape index (κ2) is 6.74. The molecule has 0 atom stereocenters. The van der Waals surface area contributed by atoms with Crippen molar-refractivity contribution in [1.29, 1.82) is 0 Å².